The molecule has 9 nitrogen and oxygen atoms in total. The van der Waals surface area contributed by atoms with Gasteiger partial charge in [-0.05, 0) is 57.0 Å². The predicted octanol–water partition coefficient (Wildman–Crippen LogP) is 4.52. The molecule has 1 amide bonds. The zero-order valence-electron chi connectivity index (χ0n) is 24.2. The highest BCUT2D eigenvalue weighted by molar-refractivity contribution is 5.95. The highest BCUT2D eigenvalue weighted by atomic mass is 16.5. The second-order valence-corrected chi connectivity index (χ2v) is 11.8. The lowest BCUT2D eigenvalue weighted by Gasteiger charge is -2.45. The predicted molar refractivity (Wildman–Crippen MR) is 155 cm³/mol. The van der Waals surface area contributed by atoms with Gasteiger partial charge in [-0.25, -0.2) is 4.98 Å². The van der Waals surface area contributed by atoms with Crippen LogP contribution in [0, 0.1) is 5.41 Å². The maximum atomic E-state index is 12.9. The Morgan fingerprint density at radius 2 is 1.97 bits per heavy atom. The summed E-state index contributed by atoms with van der Waals surface area (Å²) >= 11 is 0. The number of fused-ring (bicyclic) bond motifs is 1. The number of ether oxygens (including phenoxy) is 1. The first kappa shape index (κ1) is 28.0. The number of methoxy groups -OCH3 is 1. The average Bonchev–Trinajstić information content (AvgIpc) is 3.41. The Kier molecular flexibility index (Phi) is 8.65. The van der Waals surface area contributed by atoms with Gasteiger partial charge in [-0.15, -0.1) is 0 Å². The fourth-order valence-corrected chi connectivity index (χ4v) is 5.93. The van der Waals surface area contributed by atoms with Crippen LogP contribution in [0.2, 0.25) is 0 Å². The number of nitrogens with zero attached hydrogens (tertiary/aromatic N) is 5. The van der Waals surface area contributed by atoms with Crippen molar-refractivity contribution < 1.29 is 9.53 Å². The first-order chi connectivity index (χ1) is 18.1. The number of likely N-dealkylation sites (N-methyl/N-ethyl adjacent to an activating group) is 1. The van der Waals surface area contributed by atoms with Gasteiger partial charge in [0, 0.05) is 44.3 Å². The SMILES string of the molecule is CC[C@@H]1CN(C)c2cnc(Nc3ccc(C(=O)NCC(C)(C)CN(C)C)cc3OC)nc2N1C1CCCC1. The third-order valence-corrected chi connectivity index (χ3v) is 7.66. The minimum absolute atomic E-state index is 0.0359. The third kappa shape index (κ3) is 6.31. The van der Waals surface area contributed by atoms with Gasteiger partial charge in [0.1, 0.15) is 5.75 Å². The Hall–Kier alpha value is -3.07. The number of aromatic nitrogens is 2. The lowest BCUT2D eigenvalue weighted by molar-refractivity contribution is 0.0929. The monoisotopic (exact) mass is 523 g/mol. The second-order valence-electron chi connectivity index (χ2n) is 11.8. The molecule has 2 aliphatic rings. The maximum Gasteiger partial charge on any atom is 0.251 e. The fourth-order valence-electron chi connectivity index (χ4n) is 5.93. The van der Waals surface area contributed by atoms with E-state index in [-0.39, 0.29) is 11.3 Å². The van der Waals surface area contributed by atoms with Crippen LogP contribution >= 0.6 is 0 Å². The Bertz CT molecular complexity index is 1110. The van der Waals surface area contributed by atoms with E-state index in [0.717, 1.165) is 36.7 Å². The Balaban J connectivity index is 1.53. The van der Waals surface area contributed by atoms with Crippen molar-refractivity contribution >= 4 is 29.0 Å². The third-order valence-electron chi connectivity index (χ3n) is 7.66. The molecule has 1 aliphatic carbocycles. The molecule has 1 aromatic heterocycles. The topological polar surface area (TPSA) is 85.9 Å². The molecule has 2 N–H and O–H groups in total. The summed E-state index contributed by atoms with van der Waals surface area (Å²) < 4.78 is 5.65. The van der Waals surface area contributed by atoms with Crippen LogP contribution in [-0.4, -0.2) is 80.7 Å². The van der Waals surface area contributed by atoms with Crippen molar-refractivity contribution in [3.05, 3.63) is 30.0 Å². The molecule has 0 bridgehead atoms. The van der Waals surface area contributed by atoms with Crippen LogP contribution in [-0.2, 0) is 0 Å². The molecule has 208 valence electrons. The minimum Gasteiger partial charge on any atom is -0.495 e. The Morgan fingerprint density at radius 3 is 2.63 bits per heavy atom. The van der Waals surface area contributed by atoms with Crippen molar-refractivity contribution in [2.24, 2.45) is 5.41 Å². The summed E-state index contributed by atoms with van der Waals surface area (Å²) in [6.45, 7) is 9.01. The molecule has 0 saturated heterocycles. The van der Waals surface area contributed by atoms with Crippen LogP contribution in [0.3, 0.4) is 0 Å². The summed E-state index contributed by atoms with van der Waals surface area (Å²) in [6, 6.07) is 6.40. The molecule has 4 rings (SSSR count). The molecule has 0 unspecified atom stereocenters. The van der Waals surface area contributed by atoms with Crippen LogP contribution in [0.25, 0.3) is 0 Å². The number of amides is 1. The molecule has 1 fully saturated rings. The standard InChI is InChI=1S/C29H45N7O2/c1-8-21-17-35(6)24-16-30-28(33-26(24)36(21)22-11-9-10-12-22)32-23-14-13-20(15-25(23)38-7)27(37)31-18-29(2,3)19-34(4)5/h13-16,21-22H,8-12,17-19H2,1-7H3,(H,31,37)(H,30,32,33)/t21-/m1/s1. The van der Waals surface area contributed by atoms with E-state index in [1.807, 2.05) is 32.4 Å². The fraction of sp³-hybridized carbons (Fsp3) is 0.621. The second kappa shape index (κ2) is 11.8. The summed E-state index contributed by atoms with van der Waals surface area (Å²) in [7, 11) is 7.81. The van der Waals surface area contributed by atoms with Crippen molar-refractivity contribution in [1.82, 2.24) is 20.2 Å². The number of hydrogen-bond donors (Lipinski definition) is 2. The van der Waals surface area contributed by atoms with Gasteiger partial charge in [-0.1, -0.05) is 33.6 Å². The van der Waals surface area contributed by atoms with Gasteiger partial charge in [0.15, 0.2) is 5.82 Å². The zero-order valence-corrected chi connectivity index (χ0v) is 24.2. The smallest absolute Gasteiger partial charge is 0.251 e. The van der Waals surface area contributed by atoms with E-state index in [1.165, 1.54) is 25.7 Å². The lowest BCUT2D eigenvalue weighted by Crippen LogP contribution is -2.52. The first-order valence-electron chi connectivity index (χ1n) is 13.9. The van der Waals surface area contributed by atoms with Crippen molar-refractivity contribution in [3.8, 4) is 5.75 Å². The maximum absolute atomic E-state index is 12.9. The highest BCUT2D eigenvalue weighted by Gasteiger charge is 2.36. The normalized spacial score (nSPS) is 18.1. The molecule has 1 aliphatic heterocycles. The van der Waals surface area contributed by atoms with Gasteiger partial charge >= 0.3 is 0 Å². The van der Waals surface area contributed by atoms with Crippen LogP contribution in [0.15, 0.2) is 24.4 Å². The number of nitrogens with one attached hydrogen (secondary N) is 2. The molecular weight excluding hydrogens is 478 g/mol. The van der Waals surface area contributed by atoms with Gasteiger partial charge in [-0.3, -0.25) is 4.79 Å². The number of hydrogen-bond acceptors (Lipinski definition) is 8. The highest BCUT2D eigenvalue weighted by Crippen LogP contribution is 2.39. The lowest BCUT2D eigenvalue weighted by atomic mass is 9.93. The van der Waals surface area contributed by atoms with Gasteiger partial charge < -0.3 is 30.1 Å². The van der Waals surface area contributed by atoms with Crippen molar-refractivity contribution in [3.63, 3.8) is 0 Å². The summed E-state index contributed by atoms with van der Waals surface area (Å²) in [6.07, 6.45) is 8.00. The Labute approximate surface area is 228 Å². The van der Waals surface area contributed by atoms with Gasteiger partial charge in [0.05, 0.1) is 24.7 Å². The molecule has 1 aromatic carbocycles. The summed E-state index contributed by atoms with van der Waals surface area (Å²) in [5.41, 5.74) is 2.31. The number of rotatable bonds is 10. The van der Waals surface area contributed by atoms with E-state index in [0.29, 0.717) is 35.9 Å². The molecule has 1 saturated carbocycles. The average molecular weight is 524 g/mol. The van der Waals surface area contributed by atoms with Gasteiger partial charge in [0.2, 0.25) is 5.95 Å². The van der Waals surface area contributed by atoms with Crippen LogP contribution in [0.4, 0.5) is 23.1 Å². The molecule has 2 heterocycles. The Morgan fingerprint density at radius 1 is 1.24 bits per heavy atom. The van der Waals surface area contributed by atoms with Gasteiger partial charge in [0.25, 0.3) is 5.91 Å². The molecule has 38 heavy (non-hydrogen) atoms. The van der Waals surface area contributed by atoms with E-state index in [1.54, 1.807) is 13.2 Å². The van der Waals surface area contributed by atoms with Crippen LogP contribution in [0.5, 0.6) is 5.75 Å². The number of anilines is 4. The van der Waals surface area contributed by atoms with E-state index in [9.17, 15) is 4.79 Å². The summed E-state index contributed by atoms with van der Waals surface area (Å²) in [4.78, 5) is 29.5. The van der Waals surface area contributed by atoms with Crippen LogP contribution < -0.4 is 25.2 Å². The summed E-state index contributed by atoms with van der Waals surface area (Å²) in [5, 5.41) is 6.41. The van der Waals surface area contributed by atoms with E-state index >= 15 is 0 Å². The first-order valence-corrected chi connectivity index (χ1v) is 13.9. The van der Waals surface area contributed by atoms with Crippen molar-refractivity contribution in [2.75, 3.05) is 63.0 Å². The summed E-state index contributed by atoms with van der Waals surface area (Å²) in [5.74, 6) is 1.98. The molecule has 9 heteroatoms. The van der Waals surface area contributed by atoms with E-state index in [2.05, 4.69) is 58.1 Å². The largest absolute Gasteiger partial charge is 0.495 e. The van der Waals surface area contributed by atoms with Crippen molar-refractivity contribution in [2.45, 2.75) is 65.0 Å². The number of benzene rings is 1. The number of carbonyl (C=O) groups excluding carboxylic acids is 1. The van der Waals surface area contributed by atoms with Crippen molar-refractivity contribution in [1.29, 1.82) is 0 Å². The quantitative estimate of drug-likeness (QED) is 0.470. The van der Waals surface area contributed by atoms with E-state index < -0.39 is 0 Å². The van der Waals surface area contributed by atoms with E-state index in [4.69, 9.17) is 9.72 Å². The minimum atomic E-state index is -0.118. The van der Waals surface area contributed by atoms with Crippen LogP contribution in [0.1, 0.15) is 63.2 Å². The number of carbonyl (C=O) groups is 1. The zero-order chi connectivity index (χ0) is 27.4. The molecular formula is C29H45N7O2. The molecule has 0 radical (unpaired) electrons. The van der Waals surface area contributed by atoms with Gasteiger partial charge in [-0.2, -0.15) is 4.98 Å². The molecule has 0 spiro atoms. The molecule has 2 aromatic rings. The molecule has 1 atom stereocenters.